The lowest BCUT2D eigenvalue weighted by Crippen LogP contribution is -2.22. The maximum Gasteiger partial charge on any atom is 0.454 e. The number of aromatic amines is 1. The quantitative estimate of drug-likeness (QED) is 0.572. The number of Topliss-reactive ketones (excluding diaryl/α,β-unsaturated/α-hetero) is 1. The monoisotopic (exact) mass is 260 g/mol. The Morgan fingerprint density at radius 3 is 2.50 bits per heavy atom. The van der Waals surface area contributed by atoms with Crippen LogP contribution in [-0.2, 0) is 0 Å². The van der Waals surface area contributed by atoms with Crippen molar-refractivity contribution in [1.82, 2.24) is 4.98 Å². The molecule has 0 bridgehead atoms. The molecule has 1 heterocycles. The number of halogens is 3. The molecule has 0 saturated carbocycles. The van der Waals surface area contributed by atoms with Crippen LogP contribution in [0.15, 0.2) is 24.4 Å². The van der Waals surface area contributed by atoms with Crippen LogP contribution in [0.3, 0.4) is 0 Å². The van der Waals surface area contributed by atoms with E-state index in [1.807, 2.05) is 0 Å². The molecule has 18 heavy (non-hydrogen) atoms. The Morgan fingerprint density at radius 1 is 1.28 bits per heavy atom. The molecular formula is C10H7F3N2O3. The number of nitrogens with one attached hydrogen (secondary N) is 1. The molecule has 0 fully saturated rings. The van der Waals surface area contributed by atoms with E-state index in [2.05, 4.69) is 4.98 Å². The van der Waals surface area contributed by atoms with E-state index in [4.69, 9.17) is 10.4 Å². The van der Waals surface area contributed by atoms with Crippen LogP contribution in [0.1, 0.15) is 10.4 Å². The molecule has 2 rings (SSSR count). The molecule has 0 aliphatic carbocycles. The van der Waals surface area contributed by atoms with Crippen molar-refractivity contribution in [3.05, 3.63) is 30.0 Å². The second-order valence-electron chi connectivity index (χ2n) is 3.55. The number of carbonyl (C=O) groups is 1. The largest absolute Gasteiger partial charge is 0.454 e. The highest BCUT2D eigenvalue weighted by Gasteiger charge is 2.40. The van der Waals surface area contributed by atoms with Crippen molar-refractivity contribution >= 4 is 22.4 Å². The Bertz CT molecular complexity index is 604. The first-order chi connectivity index (χ1) is 8.30. The number of ketones is 1. The maximum atomic E-state index is 12.3. The molecule has 0 spiro atoms. The lowest BCUT2D eigenvalue weighted by molar-refractivity contribution is -0.0884. The van der Waals surface area contributed by atoms with Crippen molar-refractivity contribution in [2.75, 3.05) is 5.23 Å². The fraction of sp³-hybridized carbons (Fsp3) is 0.100. The highest BCUT2D eigenvalue weighted by atomic mass is 19.4. The van der Waals surface area contributed by atoms with E-state index < -0.39 is 17.5 Å². The number of alkyl halides is 3. The van der Waals surface area contributed by atoms with Gasteiger partial charge in [-0.15, -0.1) is 5.23 Å². The lowest BCUT2D eigenvalue weighted by Gasteiger charge is -2.08. The van der Waals surface area contributed by atoms with Gasteiger partial charge in [0.25, 0.3) is 5.78 Å². The molecule has 0 radical (unpaired) electrons. The van der Waals surface area contributed by atoms with Crippen LogP contribution in [0.5, 0.6) is 0 Å². The fourth-order valence-corrected chi connectivity index (χ4v) is 1.57. The Balaban J connectivity index is 2.59. The molecule has 0 atom stereocenters. The first-order valence-corrected chi connectivity index (χ1v) is 4.71. The molecule has 1 aromatic heterocycles. The number of rotatable bonds is 2. The molecule has 96 valence electrons. The minimum absolute atomic E-state index is 0.0390. The van der Waals surface area contributed by atoms with Crippen LogP contribution in [0, 0.1) is 0 Å². The van der Waals surface area contributed by atoms with Crippen LogP contribution < -0.4 is 5.23 Å². The summed E-state index contributed by atoms with van der Waals surface area (Å²) in [6.07, 6.45) is -4.05. The van der Waals surface area contributed by atoms with Gasteiger partial charge >= 0.3 is 6.18 Å². The van der Waals surface area contributed by atoms with Gasteiger partial charge in [-0.25, -0.2) is 0 Å². The van der Waals surface area contributed by atoms with Gasteiger partial charge in [0.2, 0.25) is 0 Å². The fourth-order valence-electron chi connectivity index (χ4n) is 1.57. The van der Waals surface area contributed by atoms with Crippen LogP contribution in [0.4, 0.5) is 18.9 Å². The SMILES string of the molecule is O=C(c1c[nH]c2ccc(N(O)O)cc12)C(F)(F)F. The third-order valence-electron chi connectivity index (χ3n) is 2.40. The minimum Gasteiger partial charge on any atom is -0.360 e. The normalized spacial score (nSPS) is 11.8. The first-order valence-electron chi connectivity index (χ1n) is 4.71. The number of aromatic nitrogens is 1. The Morgan fingerprint density at radius 2 is 1.94 bits per heavy atom. The van der Waals surface area contributed by atoms with Gasteiger partial charge in [-0.1, -0.05) is 0 Å². The third-order valence-corrected chi connectivity index (χ3v) is 2.40. The molecule has 0 saturated heterocycles. The number of carbonyl (C=O) groups excluding carboxylic acids is 1. The van der Waals surface area contributed by atoms with E-state index in [-0.39, 0.29) is 21.8 Å². The number of hydrogen-bond acceptors (Lipinski definition) is 4. The van der Waals surface area contributed by atoms with E-state index >= 15 is 0 Å². The Labute approximate surface area is 98.0 Å². The van der Waals surface area contributed by atoms with Gasteiger partial charge < -0.3 is 4.98 Å². The molecule has 0 unspecified atom stereocenters. The predicted molar refractivity (Wildman–Crippen MR) is 54.7 cm³/mol. The predicted octanol–water partition coefficient (Wildman–Crippen LogP) is 2.50. The molecule has 0 amide bonds. The van der Waals surface area contributed by atoms with Crippen molar-refractivity contribution in [2.45, 2.75) is 6.18 Å². The van der Waals surface area contributed by atoms with Crippen LogP contribution in [-0.4, -0.2) is 27.4 Å². The summed E-state index contributed by atoms with van der Waals surface area (Å²) < 4.78 is 37.0. The average molecular weight is 260 g/mol. The van der Waals surface area contributed by atoms with Gasteiger partial charge in [0, 0.05) is 17.1 Å². The van der Waals surface area contributed by atoms with E-state index in [1.54, 1.807) is 0 Å². The summed E-state index contributed by atoms with van der Waals surface area (Å²) >= 11 is 0. The number of anilines is 1. The molecule has 5 nitrogen and oxygen atoms in total. The van der Waals surface area contributed by atoms with E-state index in [0.717, 1.165) is 12.3 Å². The molecule has 3 N–H and O–H groups in total. The first kappa shape index (κ1) is 12.4. The van der Waals surface area contributed by atoms with Gasteiger partial charge in [-0.3, -0.25) is 15.2 Å². The topological polar surface area (TPSA) is 76.6 Å². The Hall–Kier alpha value is -2.06. The van der Waals surface area contributed by atoms with Gasteiger partial charge in [0.15, 0.2) is 0 Å². The number of H-pyrrole nitrogens is 1. The molecule has 0 aliphatic heterocycles. The zero-order chi connectivity index (χ0) is 13.5. The molecule has 0 aliphatic rings. The van der Waals surface area contributed by atoms with E-state index in [1.165, 1.54) is 12.1 Å². The second kappa shape index (κ2) is 4.00. The number of fused-ring (bicyclic) bond motifs is 1. The van der Waals surface area contributed by atoms with E-state index in [0.29, 0.717) is 0 Å². The van der Waals surface area contributed by atoms with Gasteiger partial charge in [0.1, 0.15) is 0 Å². The van der Waals surface area contributed by atoms with Gasteiger partial charge in [0.05, 0.1) is 11.3 Å². The second-order valence-corrected chi connectivity index (χ2v) is 3.55. The summed E-state index contributed by atoms with van der Waals surface area (Å²) in [6, 6.07) is 3.66. The molecule has 1 aromatic carbocycles. The molecule has 8 heteroatoms. The van der Waals surface area contributed by atoms with Gasteiger partial charge in [-0.2, -0.15) is 13.2 Å². The summed E-state index contributed by atoms with van der Waals surface area (Å²) in [5.41, 5.74) is -0.437. The van der Waals surface area contributed by atoms with Crippen molar-refractivity contribution in [3.8, 4) is 0 Å². The number of nitrogens with zero attached hydrogens (tertiary/aromatic N) is 1. The van der Waals surface area contributed by atoms with Crippen LogP contribution in [0.2, 0.25) is 0 Å². The Kier molecular flexibility index (Phi) is 2.76. The van der Waals surface area contributed by atoms with Crippen molar-refractivity contribution in [3.63, 3.8) is 0 Å². The molecule has 2 aromatic rings. The van der Waals surface area contributed by atoms with E-state index in [9.17, 15) is 18.0 Å². The average Bonchev–Trinajstić information content (AvgIpc) is 2.68. The summed E-state index contributed by atoms with van der Waals surface area (Å²) in [7, 11) is 0. The zero-order valence-corrected chi connectivity index (χ0v) is 8.69. The van der Waals surface area contributed by atoms with Gasteiger partial charge in [-0.05, 0) is 18.2 Å². The minimum atomic E-state index is -4.98. The highest BCUT2D eigenvalue weighted by Crippen LogP contribution is 2.29. The van der Waals surface area contributed by atoms with Crippen LogP contribution in [0.25, 0.3) is 10.9 Å². The lowest BCUT2D eigenvalue weighted by atomic mass is 10.1. The summed E-state index contributed by atoms with van der Waals surface area (Å²) in [5.74, 6) is -1.99. The standard InChI is InChI=1S/C10H7F3N2O3/c11-10(12,13)9(16)7-4-14-8-2-1-5(15(17)18)3-6(7)8/h1-4,14,17-18H. The summed E-state index contributed by atoms with van der Waals surface area (Å²) in [6.45, 7) is 0. The van der Waals surface area contributed by atoms with Crippen LogP contribution >= 0.6 is 0 Å². The highest BCUT2D eigenvalue weighted by molar-refractivity contribution is 6.10. The summed E-state index contributed by atoms with van der Waals surface area (Å²) in [4.78, 5) is 13.6. The van der Waals surface area contributed by atoms with Crippen molar-refractivity contribution in [2.24, 2.45) is 0 Å². The zero-order valence-electron chi connectivity index (χ0n) is 8.69. The molecular weight excluding hydrogens is 253 g/mol. The maximum absolute atomic E-state index is 12.3. The smallest absolute Gasteiger partial charge is 0.360 e. The van der Waals surface area contributed by atoms with Crippen molar-refractivity contribution < 1.29 is 28.4 Å². The number of hydrogen-bond donors (Lipinski definition) is 3. The van der Waals surface area contributed by atoms with Crippen molar-refractivity contribution in [1.29, 1.82) is 0 Å². The summed E-state index contributed by atoms with van der Waals surface area (Å²) in [5, 5.41) is 17.3. The third kappa shape index (κ3) is 2.03. The number of benzene rings is 1.